The van der Waals surface area contributed by atoms with Crippen LogP contribution in [-0.2, 0) is 0 Å². The molecule has 5 aromatic rings. The second kappa shape index (κ2) is 7.44. The molecule has 0 unspecified atom stereocenters. The summed E-state index contributed by atoms with van der Waals surface area (Å²) in [6.45, 7) is 0. The third kappa shape index (κ3) is 3.18. The minimum Gasteiger partial charge on any atom is -0.495 e. The van der Waals surface area contributed by atoms with Crippen LogP contribution < -0.4 is 10.1 Å². The molecular weight excluding hydrogens is 422 g/mol. The average molecular weight is 436 g/mol. The summed E-state index contributed by atoms with van der Waals surface area (Å²) in [5.74, 6) is 0.608. The van der Waals surface area contributed by atoms with Gasteiger partial charge in [-0.25, -0.2) is 4.98 Å². The number of amides is 1. The van der Waals surface area contributed by atoms with Gasteiger partial charge in [0.1, 0.15) is 10.6 Å². The van der Waals surface area contributed by atoms with Gasteiger partial charge in [0, 0.05) is 21.8 Å². The number of carbonyl (C=O) groups excluding carboxylic acids is 1. The van der Waals surface area contributed by atoms with Gasteiger partial charge in [0.15, 0.2) is 11.2 Å². The van der Waals surface area contributed by atoms with E-state index in [0.29, 0.717) is 44.0 Å². The lowest BCUT2D eigenvalue weighted by atomic mass is 10.1. The molecule has 0 aliphatic heterocycles. The summed E-state index contributed by atoms with van der Waals surface area (Å²) in [5, 5.41) is 4.19. The van der Waals surface area contributed by atoms with Crippen LogP contribution in [0.4, 0.5) is 5.69 Å². The van der Waals surface area contributed by atoms with Gasteiger partial charge in [-0.15, -0.1) is 11.3 Å². The van der Waals surface area contributed by atoms with Crippen LogP contribution in [0.25, 0.3) is 32.8 Å². The number of pyridine rings is 1. The first-order valence-electron chi connectivity index (χ1n) is 9.02. The number of benzene rings is 2. The summed E-state index contributed by atoms with van der Waals surface area (Å²) in [4.78, 5) is 22.0. The van der Waals surface area contributed by atoms with E-state index in [2.05, 4.69) is 15.3 Å². The van der Waals surface area contributed by atoms with E-state index in [-0.39, 0.29) is 5.91 Å². The lowest BCUT2D eigenvalue weighted by Gasteiger charge is -2.11. The molecule has 6 nitrogen and oxygen atoms in total. The number of fused-ring (bicyclic) bond motifs is 2. The molecule has 0 saturated carbocycles. The minimum absolute atomic E-state index is 0.309. The lowest BCUT2D eigenvalue weighted by molar-refractivity contribution is 0.103. The van der Waals surface area contributed by atoms with E-state index in [1.165, 1.54) is 11.3 Å². The molecule has 2 aromatic carbocycles. The molecule has 0 atom stereocenters. The number of carbonyl (C=O) groups is 1. The standard InChI is InChI=1S/C22H14ClN3O3S/c1-28-15-9-8-12(22-26-20-16(29-22)6-4-10-24-20)11-14(15)25-21(27)19-18(23)13-5-2-3-7-17(13)30-19/h2-11H,1H3,(H,25,27). The smallest absolute Gasteiger partial charge is 0.267 e. The third-order valence-electron chi connectivity index (χ3n) is 4.60. The van der Waals surface area contributed by atoms with E-state index in [4.69, 9.17) is 20.8 Å². The quantitative estimate of drug-likeness (QED) is 0.373. The van der Waals surface area contributed by atoms with Crippen molar-refractivity contribution in [3.63, 3.8) is 0 Å². The molecule has 3 heterocycles. The predicted molar refractivity (Wildman–Crippen MR) is 119 cm³/mol. The van der Waals surface area contributed by atoms with Crippen LogP contribution in [0.2, 0.25) is 5.02 Å². The van der Waals surface area contributed by atoms with E-state index in [0.717, 1.165) is 10.1 Å². The fourth-order valence-corrected chi connectivity index (χ4v) is 4.58. The summed E-state index contributed by atoms with van der Waals surface area (Å²) in [7, 11) is 1.54. The summed E-state index contributed by atoms with van der Waals surface area (Å²) in [5.41, 5.74) is 2.28. The molecule has 1 N–H and O–H groups in total. The Morgan fingerprint density at radius 1 is 1.17 bits per heavy atom. The van der Waals surface area contributed by atoms with Gasteiger partial charge in [-0.3, -0.25) is 4.79 Å². The zero-order valence-electron chi connectivity index (χ0n) is 15.7. The normalized spacial score (nSPS) is 11.1. The van der Waals surface area contributed by atoms with Crippen molar-refractivity contribution >= 4 is 55.8 Å². The minimum atomic E-state index is -0.309. The first-order valence-corrected chi connectivity index (χ1v) is 10.2. The highest BCUT2D eigenvalue weighted by Gasteiger charge is 2.19. The van der Waals surface area contributed by atoms with Crippen molar-refractivity contribution in [1.82, 2.24) is 9.97 Å². The van der Waals surface area contributed by atoms with Gasteiger partial charge < -0.3 is 14.5 Å². The van der Waals surface area contributed by atoms with Crippen molar-refractivity contribution in [3.8, 4) is 17.2 Å². The van der Waals surface area contributed by atoms with E-state index < -0.39 is 0 Å². The van der Waals surface area contributed by atoms with Crippen molar-refractivity contribution in [2.24, 2.45) is 0 Å². The molecule has 1 amide bonds. The average Bonchev–Trinajstić information content (AvgIpc) is 3.35. The highest BCUT2D eigenvalue weighted by Crippen LogP contribution is 2.37. The summed E-state index contributed by atoms with van der Waals surface area (Å²) in [6, 6.07) is 16.5. The van der Waals surface area contributed by atoms with Crippen molar-refractivity contribution in [2.75, 3.05) is 12.4 Å². The van der Waals surface area contributed by atoms with Gasteiger partial charge in [0.05, 0.1) is 17.8 Å². The summed E-state index contributed by atoms with van der Waals surface area (Å²) >= 11 is 7.79. The van der Waals surface area contributed by atoms with Crippen molar-refractivity contribution in [3.05, 3.63) is 70.7 Å². The van der Waals surface area contributed by atoms with Crippen molar-refractivity contribution < 1.29 is 13.9 Å². The van der Waals surface area contributed by atoms with Gasteiger partial charge in [0.25, 0.3) is 5.91 Å². The van der Waals surface area contributed by atoms with Crippen LogP contribution in [0.1, 0.15) is 9.67 Å². The van der Waals surface area contributed by atoms with Gasteiger partial charge in [-0.05, 0) is 36.4 Å². The highest BCUT2D eigenvalue weighted by molar-refractivity contribution is 7.21. The molecule has 0 fully saturated rings. The Kier molecular flexibility index (Phi) is 4.61. The molecule has 0 aliphatic carbocycles. The largest absolute Gasteiger partial charge is 0.495 e. The molecule has 8 heteroatoms. The SMILES string of the molecule is COc1ccc(-c2nc3ncccc3o2)cc1NC(=O)c1sc2ccccc2c1Cl. The van der Waals surface area contributed by atoms with Crippen molar-refractivity contribution in [1.29, 1.82) is 0 Å². The monoisotopic (exact) mass is 435 g/mol. The van der Waals surface area contributed by atoms with Crippen LogP contribution >= 0.6 is 22.9 Å². The Hall–Kier alpha value is -3.42. The van der Waals surface area contributed by atoms with Gasteiger partial charge in [-0.2, -0.15) is 4.98 Å². The van der Waals surface area contributed by atoms with E-state index in [1.54, 1.807) is 37.6 Å². The number of aromatic nitrogens is 2. The number of nitrogens with zero attached hydrogens (tertiary/aromatic N) is 2. The van der Waals surface area contributed by atoms with Crippen LogP contribution in [0.3, 0.4) is 0 Å². The number of rotatable bonds is 4. The van der Waals surface area contributed by atoms with Crippen LogP contribution in [0.15, 0.2) is 65.2 Å². The Bertz CT molecular complexity index is 1380. The topological polar surface area (TPSA) is 77.2 Å². The maximum Gasteiger partial charge on any atom is 0.267 e. The molecule has 0 aliphatic rings. The lowest BCUT2D eigenvalue weighted by Crippen LogP contribution is -2.11. The number of anilines is 1. The van der Waals surface area contributed by atoms with E-state index >= 15 is 0 Å². The van der Waals surface area contributed by atoms with Crippen molar-refractivity contribution in [2.45, 2.75) is 0 Å². The maximum atomic E-state index is 13.0. The molecule has 3 aromatic heterocycles. The molecule has 148 valence electrons. The fourth-order valence-electron chi connectivity index (χ4n) is 3.17. The number of halogens is 1. The number of ether oxygens (including phenoxy) is 1. The van der Waals surface area contributed by atoms with E-state index in [9.17, 15) is 4.79 Å². The van der Waals surface area contributed by atoms with Crippen LogP contribution in [0, 0.1) is 0 Å². The van der Waals surface area contributed by atoms with Gasteiger partial charge in [-0.1, -0.05) is 29.8 Å². The molecule has 0 radical (unpaired) electrons. The third-order valence-corrected chi connectivity index (χ3v) is 6.27. The fraction of sp³-hybridized carbons (Fsp3) is 0.0455. The van der Waals surface area contributed by atoms with Gasteiger partial charge in [0.2, 0.25) is 5.89 Å². The number of nitrogens with one attached hydrogen (secondary N) is 1. The molecule has 0 saturated heterocycles. The first-order chi connectivity index (χ1) is 14.6. The van der Waals surface area contributed by atoms with Crippen LogP contribution in [-0.4, -0.2) is 23.0 Å². The molecular formula is C22H14ClN3O3S. The molecule has 30 heavy (non-hydrogen) atoms. The number of thiophene rings is 1. The maximum absolute atomic E-state index is 13.0. The number of hydrogen-bond donors (Lipinski definition) is 1. The van der Waals surface area contributed by atoms with Crippen LogP contribution in [0.5, 0.6) is 5.75 Å². The Morgan fingerprint density at radius 2 is 2.03 bits per heavy atom. The predicted octanol–water partition coefficient (Wildman–Crippen LogP) is 6.02. The molecule has 0 bridgehead atoms. The summed E-state index contributed by atoms with van der Waals surface area (Å²) in [6.07, 6.45) is 1.66. The number of hydrogen-bond acceptors (Lipinski definition) is 6. The highest BCUT2D eigenvalue weighted by atomic mass is 35.5. The molecule has 5 rings (SSSR count). The van der Waals surface area contributed by atoms with E-state index in [1.807, 2.05) is 30.3 Å². The first kappa shape index (κ1) is 18.6. The number of oxazole rings is 1. The summed E-state index contributed by atoms with van der Waals surface area (Å²) < 4.78 is 12.1. The second-order valence-electron chi connectivity index (χ2n) is 6.45. The molecule has 0 spiro atoms. The Balaban J connectivity index is 1.52. The second-order valence-corrected chi connectivity index (χ2v) is 7.88. The van der Waals surface area contributed by atoms with Gasteiger partial charge >= 0.3 is 0 Å². The number of methoxy groups -OCH3 is 1. The Labute approximate surface area is 180 Å². The Morgan fingerprint density at radius 3 is 2.83 bits per heavy atom. The zero-order chi connectivity index (χ0) is 20.7. The zero-order valence-corrected chi connectivity index (χ0v) is 17.3.